The summed E-state index contributed by atoms with van der Waals surface area (Å²) < 4.78 is 11.4. The van der Waals surface area contributed by atoms with E-state index in [9.17, 15) is 14.9 Å². The number of hydrogen-bond acceptors (Lipinski definition) is 7. The van der Waals surface area contributed by atoms with E-state index in [1.165, 1.54) is 0 Å². The number of rotatable bonds is 5. The van der Waals surface area contributed by atoms with Crippen molar-refractivity contribution in [3.05, 3.63) is 68.9 Å². The van der Waals surface area contributed by atoms with Crippen molar-refractivity contribution in [2.24, 2.45) is 0 Å². The van der Waals surface area contributed by atoms with E-state index in [4.69, 9.17) is 9.26 Å². The van der Waals surface area contributed by atoms with Gasteiger partial charge < -0.3 is 13.8 Å². The number of benzene rings is 1. The Labute approximate surface area is 135 Å². The Morgan fingerprint density at radius 1 is 1.25 bits per heavy atom. The minimum absolute atomic E-state index is 0.0276. The lowest BCUT2D eigenvalue weighted by atomic mass is 10.2. The van der Waals surface area contributed by atoms with E-state index in [1.54, 1.807) is 31.4 Å². The van der Waals surface area contributed by atoms with Crippen molar-refractivity contribution in [3.63, 3.8) is 0 Å². The number of ether oxygens (including phenoxy) is 1. The molecule has 0 fully saturated rings. The normalized spacial score (nSPS) is 10.5. The zero-order valence-corrected chi connectivity index (χ0v) is 12.6. The summed E-state index contributed by atoms with van der Waals surface area (Å²) in [5.41, 5.74) is 0.116. The standard InChI is InChI=1S/C15H12N4O5/c1-23-12-5-2-10(3-6-12)15-16-13(17-24-15)9-18-8-11(19(21)22)4-7-14(18)20/h2-8H,9H2,1H3. The molecule has 2 heterocycles. The van der Waals surface area contributed by atoms with E-state index in [0.717, 1.165) is 22.9 Å². The Balaban J connectivity index is 1.85. The summed E-state index contributed by atoms with van der Waals surface area (Å²) in [6.07, 6.45) is 1.14. The van der Waals surface area contributed by atoms with Crippen LogP contribution in [0.4, 0.5) is 5.69 Å². The highest BCUT2D eigenvalue weighted by Gasteiger charge is 2.12. The molecule has 3 rings (SSSR count). The van der Waals surface area contributed by atoms with Crippen LogP contribution in [0, 0.1) is 10.1 Å². The Bertz CT molecular complexity index is 930. The van der Waals surface area contributed by atoms with Gasteiger partial charge >= 0.3 is 0 Å². The van der Waals surface area contributed by atoms with Gasteiger partial charge in [-0.1, -0.05) is 5.16 Å². The molecule has 1 aromatic carbocycles. The molecule has 2 aromatic heterocycles. The summed E-state index contributed by atoms with van der Waals surface area (Å²) in [4.78, 5) is 26.2. The van der Waals surface area contributed by atoms with Crippen LogP contribution in [0.5, 0.6) is 5.75 Å². The first-order valence-corrected chi connectivity index (χ1v) is 6.89. The van der Waals surface area contributed by atoms with Gasteiger partial charge in [-0.2, -0.15) is 4.98 Å². The van der Waals surface area contributed by atoms with Gasteiger partial charge in [-0.05, 0) is 24.3 Å². The monoisotopic (exact) mass is 328 g/mol. The molecule has 0 aliphatic rings. The molecule has 0 aliphatic heterocycles. The molecule has 0 saturated carbocycles. The summed E-state index contributed by atoms with van der Waals surface area (Å²) in [7, 11) is 1.57. The lowest BCUT2D eigenvalue weighted by Crippen LogP contribution is -2.20. The van der Waals surface area contributed by atoms with E-state index < -0.39 is 10.5 Å². The zero-order chi connectivity index (χ0) is 17.1. The maximum atomic E-state index is 11.8. The summed E-state index contributed by atoms with van der Waals surface area (Å²) in [6, 6.07) is 9.31. The molecule has 0 saturated heterocycles. The van der Waals surface area contributed by atoms with Crippen LogP contribution in [0.15, 0.2) is 51.9 Å². The Kier molecular flexibility index (Phi) is 4.06. The molecule has 3 aromatic rings. The third-order valence-electron chi connectivity index (χ3n) is 3.30. The molecular formula is C15H12N4O5. The topological polar surface area (TPSA) is 113 Å². The number of aromatic nitrogens is 3. The van der Waals surface area contributed by atoms with Gasteiger partial charge in [0.25, 0.3) is 17.1 Å². The van der Waals surface area contributed by atoms with Crippen molar-refractivity contribution in [3.8, 4) is 17.2 Å². The first kappa shape index (κ1) is 15.4. The molecule has 24 heavy (non-hydrogen) atoms. The number of nitrogens with zero attached hydrogens (tertiary/aromatic N) is 4. The highest BCUT2D eigenvalue weighted by atomic mass is 16.6. The van der Waals surface area contributed by atoms with Gasteiger partial charge in [0, 0.05) is 17.7 Å². The quantitative estimate of drug-likeness (QED) is 0.519. The van der Waals surface area contributed by atoms with Crippen molar-refractivity contribution < 1.29 is 14.2 Å². The Hall–Kier alpha value is -3.49. The second-order valence-corrected chi connectivity index (χ2v) is 4.85. The smallest absolute Gasteiger partial charge is 0.285 e. The zero-order valence-electron chi connectivity index (χ0n) is 12.6. The molecule has 0 atom stereocenters. The van der Waals surface area contributed by atoms with Gasteiger partial charge in [-0.25, -0.2) is 0 Å². The van der Waals surface area contributed by atoms with Crippen LogP contribution in [-0.4, -0.2) is 26.7 Å². The summed E-state index contributed by atoms with van der Waals surface area (Å²) in [5.74, 6) is 1.22. The number of methoxy groups -OCH3 is 1. The van der Waals surface area contributed by atoms with Crippen molar-refractivity contribution in [2.45, 2.75) is 6.54 Å². The average molecular weight is 328 g/mol. The molecule has 122 valence electrons. The molecule has 0 N–H and O–H groups in total. The Morgan fingerprint density at radius 3 is 2.67 bits per heavy atom. The van der Waals surface area contributed by atoms with Crippen molar-refractivity contribution in [2.75, 3.05) is 7.11 Å². The maximum Gasteiger partial charge on any atom is 0.285 e. The van der Waals surface area contributed by atoms with Crippen molar-refractivity contribution in [1.29, 1.82) is 0 Å². The third-order valence-corrected chi connectivity index (χ3v) is 3.30. The second kappa shape index (κ2) is 6.32. The van der Waals surface area contributed by atoms with Crippen LogP contribution < -0.4 is 10.3 Å². The summed E-state index contributed by atoms with van der Waals surface area (Å²) in [5, 5.41) is 14.6. The third kappa shape index (κ3) is 3.14. The van der Waals surface area contributed by atoms with E-state index in [2.05, 4.69) is 10.1 Å². The number of hydrogen-bond donors (Lipinski definition) is 0. The second-order valence-electron chi connectivity index (χ2n) is 4.85. The van der Waals surface area contributed by atoms with E-state index in [-0.39, 0.29) is 23.9 Å². The average Bonchev–Trinajstić information content (AvgIpc) is 3.05. The van der Waals surface area contributed by atoms with Gasteiger partial charge in [0.15, 0.2) is 5.82 Å². The van der Waals surface area contributed by atoms with Crippen LogP contribution in [0.25, 0.3) is 11.5 Å². The fourth-order valence-corrected chi connectivity index (χ4v) is 2.07. The van der Waals surface area contributed by atoms with E-state index >= 15 is 0 Å². The molecule has 9 heteroatoms. The van der Waals surface area contributed by atoms with Gasteiger partial charge in [-0.15, -0.1) is 0 Å². The van der Waals surface area contributed by atoms with Crippen LogP contribution >= 0.6 is 0 Å². The predicted molar refractivity (Wildman–Crippen MR) is 82.7 cm³/mol. The first-order chi connectivity index (χ1) is 11.6. The summed E-state index contributed by atoms with van der Waals surface area (Å²) in [6.45, 7) is -0.0276. The minimum atomic E-state index is -0.574. The lowest BCUT2D eigenvalue weighted by Gasteiger charge is -2.01. The van der Waals surface area contributed by atoms with Gasteiger partial charge in [0.1, 0.15) is 5.75 Å². The van der Waals surface area contributed by atoms with Crippen molar-refractivity contribution in [1.82, 2.24) is 14.7 Å². The molecule has 9 nitrogen and oxygen atoms in total. The van der Waals surface area contributed by atoms with E-state index in [1.807, 2.05) is 0 Å². The SMILES string of the molecule is COc1ccc(-c2nc(Cn3cc([N+](=O)[O-])ccc3=O)no2)cc1. The van der Waals surface area contributed by atoms with Gasteiger partial charge in [0.2, 0.25) is 0 Å². The number of nitro groups is 1. The molecule has 0 aliphatic carbocycles. The fourth-order valence-electron chi connectivity index (χ4n) is 2.07. The largest absolute Gasteiger partial charge is 0.497 e. The summed E-state index contributed by atoms with van der Waals surface area (Å²) >= 11 is 0. The molecular weight excluding hydrogens is 316 g/mol. The van der Waals surface area contributed by atoms with Gasteiger partial charge in [-0.3, -0.25) is 14.9 Å². The van der Waals surface area contributed by atoms with Crippen LogP contribution in [-0.2, 0) is 6.54 Å². The van der Waals surface area contributed by atoms with E-state index in [0.29, 0.717) is 11.3 Å². The molecule has 0 radical (unpaired) electrons. The minimum Gasteiger partial charge on any atom is -0.497 e. The lowest BCUT2D eigenvalue weighted by molar-refractivity contribution is -0.385. The highest BCUT2D eigenvalue weighted by molar-refractivity contribution is 5.54. The van der Waals surface area contributed by atoms with Gasteiger partial charge in [0.05, 0.1) is 24.8 Å². The van der Waals surface area contributed by atoms with Crippen LogP contribution in [0.3, 0.4) is 0 Å². The molecule has 0 amide bonds. The first-order valence-electron chi connectivity index (χ1n) is 6.89. The predicted octanol–water partition coefficient (Wildman–Crippen LogP) is 1.86. The Morgan fingerprint density at radius 2 is 2.00 bits per heavy atom. The maximum absolute atomic E-state index is 11.8. The molecule has 0 bridgehead atoms. The number of pyridine rings is 1. The molecule has 0 unspecified atom stereocenters. The van der Waals surface area contributed by atoms with Crippen LogP contribution in [0.2, 0.25) is 0 Å². The van der Waals surface area contributed by atoms with Crippen molar-refractivity contribution >= 4 is 5.69 Å². The molecule has 0 spiro atoms. The fraction of sp³-hybridized carbons (Fsp3) is 0.133. The van der Waals surface area contributed by atoms with Crippen LogP contribution in [0.1, 0.15) is 5.82 Å². The highest BCUT2D eigenvalue weighted by Crippen LogP contribution is 2.20.